The van der Waals surface area contributed by atoms with Crippen LogP contribution >= 0.6 is 0 Å². The third-order valence-electron chi connectivity index (χ3n) is 2.95. The normalized spacial score (nSPS) is 10.6. The molecular weight excluding hydrogens is 256 g/mol. The Kier molecular flexibility index (Phi) is 3.04. The molecular formula is C14H12N4O2. The van der Waals surface area contributed by atoms with Crippen molar-refractivity contribution in [3.05, 3.63) is 60.0 Å². The zero-order chi connectivity index (χ0) is 13.9. The predicted molar refractivity (Wildman–Crippen MR) is 72.3 cm³/mol. The van der Waals surface area contributed by atoms with E-state index < -0.39 is 0 Å². The van der Waals surface area contributed by atoms with Gasteiger partial charge in [0.2, 0.25) is 0 Å². The van der Waals surface area contributed by atoms with Crippen molar-refractivity contribution in [1.82, 2.24) is 19.9 Å². The highest BCUT2D eigenvalue weighted by Gasteiger charge is 2.07. The molecule has 6 nitrogen and oxygen atoms in total. The molecule has 0 saturated carbocycles. The standard InChI is InChI=1S/C14H12N4O2/c19-12-3-1-10(2-4-12)8-15-14(20)11-5-6-18-9-16-17-13(18)7-11/h1-7,9,19H,8H2,(H,15,20). The van der Waals surface area contributed by atoms with Crippen molar-refractivity contribution in [3.63, 3.8) is 0 Å². The maximum absolute atomic E-state index is 12.0. The summed E-state index contributed by atoms with van der Waals surface area (Å²) in [6, 6.07) is 10.1. The summed E-state index contributed by atoms with van der Waals surface area (Å²) in [6.07, 6.45) is 3.32. The minimum Gasteiger partial charge on any atom is -0.508 e. The van der Waals surface area contributed by atoms with Crippen molar-refractivity contribution >= 4 is 11.6 Å². The van der Waals surface area contributed by atoms with Crippen LogP contribution in [0.15, 0.2) is 48.9 Å². The molecule has 0 fully saturated rings. The number of amides is 1. The van der Waals surface area contributed by atoms with Gasteiger partial charge in [-0.2, -0.15) is 0 Å². The van der Waals surface area contributed by atoms with E-state index in [1.807, 2.05) is 0 Å². The first kappa shape index (κ1) is 12.2. The molecule has 2 N–H and O–H groups in total. The van der Waals surface area contributed by atoms with E-state index in [2.05, 4.69) is 15.5 Å². The van der Waals surface area contributed by atoms with E-state index in [4.69, 9.17) is 0 Å². The van der Waals surface area contributed by atoms with Crippen molar-refractivity contribution in [3.8, 4) is 5.75 Å². The number of rotatable bonds is 3. The minimum absolute atomic E-state index is 0.177. The monoisotopic (exact) mass is 268 g/mol. The lowest BCUT2D eigenvalue weighted by Gasteiger charge is -2.05. The Morgan fingerprint density at radius 2 is 2.05 bits per heavy atom. The number of hydrogen-bond donors (Lipinski definition) is 2. The Hall–Kier alpha value is -2.89. The summed E-state index contributed by atoms with van der Waals surface area (Å²) in [6.45, 7) is 0.400. The van der Waals surface area contributed by atoms with Crippen LogP contribution in [0.2, 0.25) is 0 Å². The number of nitrogens with one attached hydrogen (secondary N) is 1. The van der Waals surface area contributed by atoms with Crippen LogP contribution in [0.4, 0.5) is 0 Å². The number of phenolic OH excluding ortho intramolecular Hbond substituents is 1. The molecule has 0 bridgehead atoms. The number of phenols is 1. The number of benzene rings is 1. The largest absolute Gasteiger partial charge is 0.508 e. The fourth-order valence-electron chi connectivity index (χ4n) is 1.86. The van der Waals surface area contributed by atoms with Crippen molar-refractivity contribution in [2.45, 2.75) is 6.54 Å². The highest BCUT2D eigenvalue weighted by Crippen LogP contribution is 2.10. The van der Waals surface area contributed by atoms with Crippen molar-refractivity contribution < 1.29 is 9.90 Å². The maximum atomic E-state index is 12.0. The highest BCUT2D eigenvalue weighted by molar-refractivity contribution is 5.94. The Balaban J connectivity index is 1.70. The predicted octanol–water partition coefficient (Wildman–Crippen LogP) is 1.36. The highest BCUT2D eigenvalue weighted by atomic mass is 16.3. The molecule has 2 heterocycles. The number of pyridine rings is 1. The van der Waals surface area contributed by atoms with Crippen molar-refractivity contribution in [2.75, 3.05) is 0 Å². The Bertz CT molecular complexity index is 749. The molecule has 2 aromatic heterocycles. The van der Waals surface area contributed by atoms with Gasteiger partial charge in [0.1, 0.15) is 12.1 Å². The smallest absolute Gasteiger partial charge is 0.251 e. The van der Waals surface area contributed by atoms with Crippen molar-refractivity contribution in [2.24, 2.45) is 0 Å². The van der Waals surface area contributed by atoms with Gasteiger partial charge in [0.15, 0.2) is 5.65 Å². The molecule has 20 heavy (non-hydrogen) atoms. The molecule has 6 heteroatoms. The van der Waals surface area contributed by atoms with E-state index in [1.165, 1.54) is 0 Å². The molecule has 0 aliphatic rings. The van der Waals surface area contributed by atoms with Gasteiger partial charge in [0.25, 0.3) is 5.91 Å². The summed E-state index contributed by atoms with van der Waals surface area (Å²) in [5, 5.41) is 19.7. The van der Waals surface area contributed by atoms with E-state index >= 15 is 0 Å². The summed E-state index contributed by atoms with van der Waals surface area (Å²) in [4.78, 5) is 12.0. The molecule has 100 valence electrons. The molecule has 0 aliphatic heterocycles. The first-order valence-corrected chi connectivity index (χ1v) is 6.08. The van der Waals surface area contributed by atoms with Crippen LogP contribution in [-0.4, -0.2) is 25.6 Å². The van der Waals surface area contributed by atoms with Gasteiger partial charge in [0, 0.05) is 18.3 Å². The van der Waals surface area contributed by atoms with E-state index in [0.29, 0.717) is 17.8 Å². The van der Waals surface area contributed by atoms with E-state index in [-0.39, 0.29) is 11.7 Å². The summed E-state index contributed by atoms with van der Waals surface area (Å²) in [5.74, 6) is 0.0286. The van der Waals surface area contributed by atoms with Crippen LogP contribution in [0.1, 0.15) is 15.9 Å². The molecule has 0 spiro atoms. The molecule has 0 atom stereocenters. The summed E-state index contributed by atoms with van der Waals surface area (Å²) in [7, 11) is 0. The SMILES string of the molecule is O=C(NCc1ccc(O)cc1)c1ccn2cnnc2c1. The van der Waals surface area contributed by atoms with Gasteiger partial charge in [-0.25, -0.2) is 0 Å². The summed E-state index contributed by atoms with van der Waals surface area (Å²) < 4.78 is 1.73. The van der Waals surface area contributed by atoms with Crippen LogP contribution in [0.25, 0.3) is 5.65 Å². The second kappa shape index (κ2) is 5.00. The lowest BCUT2D eigenvalue weighted by Crippen LogP contribution is -2.22. The minimum atomic E-state index is -0.177. The second-order valence-electron chi connectivity index (χ2n) is 4.36. The average Bonchev–Trinajstić information content (AvgIpc) is 2.93. The zero-order valence-corrected chi connectivity index (χ0v) is 10.5. The molecule has 0 unspecified atom stereocenters. The molecule has 0 saturated heterocycles. The zero-order valence-electron chi connectivity index (χ0n) is 10.5. The topological polar surface area (TPSA) is 79.5 Å². The quantitative estimate of drug-likeness (QED) is 0.751. The average molecular weight is 268 g/mol. The second-order valence-corrected chi connectivity index (χ2v) is 4.36. The lowest BCUT2D eigenvalue weighted by atomic mass is 10.2. The molecule has 0 aliphatic carbocycles. The Morgan fingerprint density at radius 3 is 2.85 bits per heavy atom. The fraction of sp³-hybridized carbons (Fsp3) is 0.0714. The molecule has 1 amide bonds. The van der Waals surface area contributed by atoms with E-state index in [0.717, 1.165) is 5.56 Å². The van der Waals surface area contributed by atoms with Gasteiger partial charge in [-0.05, 0) is 29.8 Å². The van der Waals surface area contributed by atoms with E-state index in [1.54, 1.807) is 53.3 Å². The molecule has 1 aromatic carbocycles. The Labute approximate surface area is 114 Å². The molecule has 3 aromatic rings. The third-order valence-corrected chi connectivity index (χ3v) is 2.95. The lowest BCUT2D eigenvalue weighted by molar-refractivity contribution is 0.0951. The van der Waals surface area contributed by atoms with Crippen LogP contribution in [0.3, 0.4) is 0 Å². The van der Waals surface area contributed by atoms with Gasteiger partial charge >= 0.3 is 0 Å². The number of fused-ring (bicyclic) bond motifs is 1. The van der Waals surface area contributed by atoms with E-state index in [9.17, 15) is 9.90 Å². The van der Waals surface area contributed by atoms with Gasteiger partial charge in [0.05, 0.1) is 0 Å². The first-order valence-electron chi connectivity index (χ1n) is 6.08. The number of carbonyl (C=O) groups excluding carboxylic acids is 1. The van der Waals surface area contributed by atoms with Crippen LogP contribution < -0.4 is 5.32 Å². The fourth-order valence-corrected chi connectivity index (χ4v) is 1.86. The summed E-state index contributed by atoms with van der Waals surface area (Å²) in [5.41, 5.74) is 2.08. The molecule has 0 radical (unpaired) electrons. The number of aromatic hydroxyl groups is 1. The first-order chi connectivity index (χ1) is 9.72. The number of hydrogen-bond acceptors (Lipinski definition) is 4. The van der Waals surface area contributed by atoms with Gasteiger partial charge in [-0.3, -0.25) is 9.20 Å². The summed E-state index contributed by atoms with van der Waals surface area (Å²) >= 11 is 0. The van der Waals surface area contributed by atoms with Crippen molar-refractivity contribution in [1.29, 1.82) is 0 Å². The number of nitrogens with zero attached hydrogens (tertiary/aromatic N) is 3. The van der Waals surface area contributed by atoms with Crippen LogP contribution in [-0.2, 0) is 6.54 Å². The van der Waals surface area contributed by atoms with Crippen LogP contribution in [0, 0.1) is 0 Å². The van der Waals surface area contributed by atoms with Crippen LogP contribution in [0.5, 0.6) is 5.75 Å². The molecule has 3 rings (SSSR count). The van der Waals surface area contributed by atoms with Gasteiger partial charge in [-0.15, -0.1) is 10.2 Å². The van der Waals surface area contributed by atoms with Gasteiger partial charge < -0.3 is 10.4 Å². The maximum Gasteiger partial charge on any atom is 0.251 e. The third kappa shape index (κ3) is 2.44. The number of carbonyl (C=O) groups is 1. The Morgan fingerprint density at radius 1 is 1.25 bits per heavy atom. The number of aromatic nitrogens is 3. The van der Waals surface area contributed by atoms with Gasteiger partial charge in [-0.1, -0.05) is 12.1 Å².